The van der Waals surface area contributed by atoms with Crippen molar-refractivity contribution in [3.05, 3.63) is 12.7 Å². The Hall–Kier alpha value is -0.214. The SMILES string of the molecule is C=CC(N)=O.CCCC(C(=O)O)C(=O)OC.[KH]. The van der Waals surface area contributed by atoms with E-state index in [0.717, 1.165) is 6.08 Å². The molecule has 0 aromatic heterocycles. The predicted molar refractivity (Wildman–Crippen MR) is 64.6 cm³/mol. The number of carbonyl (C=O) groups excluding carboxylic acids is 2. The quantitative estimate of drug-likeness (QED) is 0.308. The van der Waals surface area contributed by atoms with Crippen molar-refractivity contribution in [3.63, 3.8) is 0 Å². The number of ether oxygens (including phenoxy) is 1. The van der Waals surface area contributed by atoms with E-state index in [1.54, 1.807) is 0 Å². The van der Waals surface area contributed by atoms with Crippen molar-refractivity contribution in [2.24, 2.45) is 11.7 Å². The zero-order valence-electron chi connectivity index (χ0n) is 9.43. The van der Waals surface area contributed by atoms with E-state index in [4.69, 9.17) is 5.11 Å². The molecule has 0 rings (SSSR count). The number of hydrogen-bond donors (Lipinski definition) is 2. The monoisotopic (exact) mass is 271 g/mol. The molecule has 0 aliphatic heterocycles. The molecule has 0 spiro atoms. The van der Waals surface area contributed by atoms with Gasteiger partial charge >= 0.3 is 63.3 Å². The van der Waals surface area contributed by atoms with Gasteiger partial charge in [0.1, 0.15) is 0 Å². The van der Waals surface area contributed by atoms with Crippen LogP contribution in [0.15, 0.2) is 12.7 Å². The fourth-order valence-corrected chi connectivity index (χ4v) is 0.773. The van der Waals surface area contributed by atoms with Gasteiger partial charge in [0.05, 0.1) is 7.11 Å². The molecule has 0 aliphatic carbocycles. The number of hydrogen-bond acceptors (Lipinski definition) is 4. The first-order chi connectivity index (χ1) is 7.40. The predicted octanol–water partition coefficient (Wildman–Crippen LogP) is -0.330. The normalized spacial score (nSPS) is 9.76. The van der Waals surface area contributed by atoms with Crippen LogP contribution < -0.4 is 5.73 Å². The molecule has 0 fully saturated rings. The fraction of sp³-hybridized carbons (Fsp3) is 0.500. The van der Waals surface area contributed by atoms with Crippen LogP contribution in [0.1, 0.15) is 19.8 Å². The summed E-state index contributed by atoms with van der Waals surface area (Å²) in [4.78, 5) is 30.6. The van der Waals surface area contributed by atoms with E-state index in [1.165, 1.54) is 7.11 Å². The molecule has 6 nitrogen and oxygen atoms in total. The molecule has 0 heterocycles. The van der Waals surface area contributed by atoms with Crippen LogP contribution in [0.4, 0.5) is 0 Å². The Morgan fingerprint density at radius 2 is 1.88 bits per heavy atom. The topological polar surface area (TPSA) is 107 Å². The van der Waals surface area contributed by atoms with Gasteiger partial charge in [0.25, 0.3) is 0 Å². The summed E-state index contributed by atoms with van der Waals surface area (Å²) in [6.07, 6.45) is 2.05. The molecule has 0 radical (unpaired) electrons. The summed E-state index contributed by atoms with van der Waals surface area (Å²) in [6.45, 7) is 4.90. The minimum absolute atomic E-state index is 0. The Morgan fingerprint density at radius 3 is 2.06 bits per heavy atom. The van der Waals surface area contributed by atoms with Crippen molar-refractivity contribution in [1.29, 1.82) is 0 Å². The Morgan fingerprint density at radius 1 is 1.47 bits per heavy atom. The summed E-state index contributed by atoms with van der Waals surface area (Å²) < 4.78 is 4.31. The molecular formula is C10H18KNO5. The number of methoxy groups -OCH3 is 1. The third-order valence-corrected chi connectivity index (χ3v) is 1.56. The zero-order chi connectivity index (χ0) is 13.1. The zero-order valence-corrected chi connectivity index (χ0v) is 9.43. The summed E-state index contributed by atoms with van der Waals surface area (Å²) in [7, 11) is 1.19. The third-order valence-electron chi connectivity index (χ3n) is 1.56. The van der Waals surface area contributed by atoms with Crippen LogP contribution in [0.5, 0.6) is 0 Å². The number of amides is 1. The summed E-state index contributed by atoms with van der Waals surface area (Å²) >= 11 is 0. The van der Waals surface area contributed by atoms with Gasteiger partial charge < -0.3 is 15.6 Å². The van der Waals surface area contributed by atoms with Gasteiger partial charge in [-0.25, -0.2) is 0 Å². The van der Waals surface area contributed by atoms with Gasteiger partial charge in [0.15, 0.2) is 5.92 Å². The van der Waals surface area contributed by atoms with E-state index in [1.807, 2.05) is 6.92 Å². The first-order valence-corrected chi connectivity index (χ1v) is 4.63. The van der Waals surface area contributed by atoms with E-state index in [-0.39, 0.29) is 51.4 Å². The number of aliphatic carboxylic acids is 1. The number of carboxylic acids is 1. The molecule has 17 heavy (non-hydrogen) atoms. The third kappa shape index (κ3) is 13.7. The van der Waals surface area contributed by atoms with Crippen LogP contribution in [0.25, 0.3) is 0 Å². The minimum atomic E-state index is -1.11. The van der Waals surface area contributed by atoms with Crippen LogP contribution >= 0.6 is 0 Å². The summed E-state index contributed by atoms with van der Waals surface area (Å²) in [5, 5.41) is 8.51. The van der Waals surface area contributed by atoms with Crippen molar-refractivity contribution in [3.8, 4) is 0 Å². The van der Waals surface area contributed by atoms with Gasteiger partial charge in [-0.3, -0.25) is 14.4 Å². The molecule has 0 aromatic carbocycles. The first kappa shape index (κ1) is 22.0. The average Bonchev–Trinajstić information content (AvgIpc) is 2.25. The molecule has 0 saturated carbocycles. The van der Waals surface area contributed by atoms with Crippen LogP contribution in [-0.4, -0.2) is 81.4 Å². The van der Waals surface area contributed by atoms with Crippen LogP contribution in [0.3, 0.4) is 0 Å². The number of rotatable bonds is 5. The molecule has 1 unspecified atom stereocenters. The second-order valence-corrected chi connectivity index (χ2v) is 2.81. The van der Waals surface area contributed by atoms with E-state index < -0.39 is 23.8 Å². The molecular weight excluding hydrogens is 253 g/mol. The molecule has 0 bridgehead atoms. The second kappa shape index (κ2) is 13.8. The van der Waals surface area contributed by atoms with E-state index in [9.17, 15) is 14.4 Å². The van der Waals surface area contributed by atoms with Crippen molar-refractivity contribution in [2.45, 2.75) is 19.8 Å². The van der Waals surface area contributed by atoms with Crippen LogP contribution in [-0.2, 0) is 19.1 Å². The maximum absolute atomic E-state index is 10.7. The molecule has 94 valence electrons. The molecule has 7 heteroatoms. The Balaban J connectivity index is -0.000000280. The van der Waals surface area contributed by atoms with E-state index in [2.05, 4.69) is 17.0 Å². The second-order valence-electron chi connectivity index (χ2n) is 2.81. The van der Waals surface area contributed by atoms with Crippen LogP contribution in [0.2, 0.25) is 0 Å². The molecule has 1 atom stereocenters. The van der Waals surface area contributed by atoms with Crippen molar-refractivity contribution < 1.29 is 24.2 Å². The standard InChI is InChI=1S/C7H12O4.C3H5NO.K.H/c1-3-4-5(6(8)9)7(10)11-2;1-2-3(4)5;;/h5H,3-4H2,1-2H3,(H,8,9);2H,1H2,(H2,4,5);;. The molecule has 0 saturated heterocycles. The van der Waals surface area contributed by atoms with Gasteiger partial charge in [-0.15, -0.1) is 0 Å². The number of carbonyl (C=O) groups is 3. The number of primary amides is 1. The van der Waals surface area contributed by atoms with Crippen molar-refractivity contribution >= 4 is 69.2 Å². The van der Waals surface area contributed by atoms with Gasteiger partial charge in [-0.2, -0.15) is 0 Å². The van der Waals surface area contributed by atoms with E-state index in [0.29, 0.717) is 12.8 Å². The summed E-state index contributed by atoms with van der Waals surface area (Å²) in [6, 6.07) is 0. The van der Waals surface area contributed by atoms with E-state index >= 15 is 0 Å². The maximum atomic E-state index is 10.7. The Kier molecular flexibility index (Phi) is 17.9. The van der Waals surface area contributed by atoms with Gasteiger partial charge in [-0.05, 0) is 12.5 Å². The van der Waals surface area contributed by atoms with Crippen molar-refractivity contribution in [1.82, 2.24) is 0 Å². The Bertz CT molecular complexity index is 267. The summed E-state index contributed by atoms with van der Waals surface area (Å²) in [5.74, 6) is -3.26. The summed E-state index contributed by atoms with van der Waals surface area (Å²) in [5.41, 5.74) is 4.53. The van der Waals surface area contributed by atoms with Gasteiger partial charge in [0, 0.05) is 0 Å². The Labute approximate surface area is 143 Å². The molecule has 0 aliphatic rings. The molecule has 0 aromatic rings. The fourth-order valence-electron chi connectivity index (χ4n) is 0.773. The molecule has 1 amide bonds. The number of esters is 1. The number of nitrogens with two attached hydrogens (primary N) is 1. The van der Waals surface area contributed by atoms with Crippen molar-refractivity contribution in [2.75, 3.05) is 7.11 Å². The average molecular weight is 271 g/mol. The molecule has 3 N–H and O–H groups in total. The van der Waals surface area contributed by atoms with Crippen LogP contribution in [0, 0.1) is 5.92 Å². The number of carboxylic acid groups (broad SMARTS) is 1. The van der Waals surface area contributed by atoms with Gasteiger partial charge in [-0.1, -0.05) is 19.9 Å². The first-order valence-electron chi connectivity index (χ1n) is 4.63. The van der Waals surface area contributed by atoms with Gasteiger partial charge in [0.2, 0.25) is 5.91 Å².